The van der Waals surface area contributed by atoms with Gasteiger partial charge in [0.05, 0.1) is 17.4 Å². The predicted molar refractivity (Wildman–Crippen MR) is 121 cm³/mol. The van der Waals surface area contributed by atoms with E-state index < -0.39 is 10.7 Å². The summed E-state index contributed by atoms with van der Waals surface area (Å²) < 4.78 is 1.79. The Labute approximate surface area is 186 Å². The smallest absolute Gasteiger partial charge is 0.389 e. The van der Waals surface area contributed by atoms with Crippen molar-refractivity contribution in [2.45, 2.75) is 6.92 Å². The van der Waals surface area contributed by atoms with Gasteiger partial charge in [0.25, 0.3) is 0 Å². The van der Waals surface area contributed by atoms with Crippen molar-refractivity contribution >= 4 is 46.4 Å². The highest BCUT2D eigenvalue weighted by atomic mass is 35.5. The molecule has 0 fully saturated rings. The monoisotopic (exact) mass is 449 g/mol. The maximum Gasteiger partial charge on any atom is 0.392 e. The minimum absolute atomic E-state index is 0.00146. The second kappa shape index (κ2) is 8.44. The van der Waals surface area contributed by atoms with Gasteiger partial charge < -0.3 is 20.2 Å². The number of nitrogens with two attached hydrogens (primary N) is 1. The lowest BCUT2D eigenvalue weighted by atomic mass is 10.0. The summed E-state index contributed by atoms with van der Waals surface area (Å²) in [5, 5.41) is 15.7. The van der Waals surface area contributed by atoms with E-state index in [0.717, 1.165) is 11.8 Å². The highest BCUT2D eigenvalue weighted by Gasteiger charge is 2.21. The van der Waals surface area contributed by atoms with Crippen LogP contribution in [0.3, 0.4) is 0 Å². The van der Waals surface area contributed by atoms with Crippen molar-refractivity contribution in [3.63, 3.8) is 0 Å². The third-order valence-electron chi connectivity index (χ3n) is 4.86. The van der Waals surface area contributed by atoms with Crippen LogP contribution in [-0.4, -0.2) is 31.3 Å². The van der Waals surface area contributed by atoms with Gasteiger partial charge in [0.1, 0.15) is 0 Å². The summed E-state index contributed by atoms with van der Waals surface area (Å²) in [5.41, 5.74) is 11.3. The first-order chi connectivity index (χ1) is 15.4. The molecule has 0 unspecified atom stereocenters. The van der Waals surface area contributed by atoms with Crippen LogP contribution in [0.15, 0.2) is 60.1 Å². The molecule has 11 heteroatoms. The number of hydrogen-bond acceptors (Lipinski definition) is 8. The Bertz CT molecular complexity index is 1380. The Balaban J connectivity index is 1.72. The number of ketones is 1. The standard InChI is InChI=1S/C21H16ClN7O3/c1-12-15(10-26-27-20-17(23)21(29(31)32)25-11-24-20)16-4-2-3-9-28(16)18(12)19(30)13-5-7-14(22)8-6-13/h2-11H,23H2,1H3,(H,24,25,27)/b26-10-. The van der Waals surface area contributed by atoms with Crippen molar-refractivity contribution < 1.29 is 9.72 Å². The SMILES string of the molecule is Cc1c(/C=N\Nc2ncnc([N+](=O)[O-])c2N)c2ccccn2c1C(=O)c1ccc(Cl)cc1. The molecule has 0 bridgehead atoms. The topological polar surface area (TPSA) is 141 Å². The quantitative estimate of drug-likeness (QED) is 0.197. The number of pyridine rings is 1. The van der Waals surface area contributed by atoms with Crippen LogP contribution in [0.1, 0.15) is 27.2 Å². The molecule has 0 amide bonds. The van der Waals surface area contributed by atoms with Crippen molar-refractivity contribution in [2.75, 3.05) is 11.2 Å². The van der Waals surface area contributed by atoms with Crippen LogP contribution in [0.25, 0.3) is 5.52 Å². The zero-order chi connectivity index (χ0) is 22.8. The van der Waals surface area contributed by atoms with Gasteiger partial charge in [0, 0.05) is 22.3 Å². The molecule has 0 saturated carbocycles. The van der Waals surface area contributed by atoms with Crippen molar-refractivity contribution in [3.05, 3.63) is 92.5 Å². The van der Waals surface area contributed by atoms with E-state index in [0.29, 0.717) is 27.4 Å². The fourth-order valence-corrected chi connectivity index (χ4v) is 3.44. The van der Waals surface area contributed by atoms with Crippen LogP contribution < -0.4 is 11.2 Å². The maximum atomic E-state index is 13.2. The van der Waals surface area contributed by atoms with Crippen LogP contribution in [0.5, 0.6) is 0 Å². The summed E-state index contributed by atoms with van der Waals surface area (Å²) in [4.78, 5) is 30.9. The first-order valence-corrected chi connectivity index (χ1v) is 9.70. The van der Waals surface area contributed by atoms with Gasteiger partial charge in [-0.25, -0.2) is 0 Å². The molecule has 3 aromatic heterocycles. The first-order valence-electron chi connectivity index (χ1n) is 9.32. The van der Waals surface area contributed by atoms with Gasteiger partial charge in [-0.3, -0.25) is 10.2 Å². The van der Waals surface area contributed by atoms with Crippen molar-refractivity contribution in [1.29, 1.82) is 0 Å². The molecule has 0 saturated heterocycles. The number of anilines is 2. The Morgan fingerprint density at radius 1 is 1.25 bits per heavy atom. The van der Waals surface area contributed by atoms with Crippen LogP contribution in [-0.2, 0) is 0 Å². The number of carbonyl (C=O) groups is 1. The molecule has 0 aliphatic heterocycles. The molecule has 0 atom stereocenters. The predicted octanol–water partition coefficient (Wildman–Crippen LogP) is 3.86. The number of fused-ring (bicyclic) bond motifs is 1. The van der Waals surface area contributed by atoms with E-state index in [1.807, 2.05) is 25.1 Å². The van der Waals surface area contributed by atoms with Gasteiger partial charge in [-0.05, 0) is 58.8 Å². The largest absolute Gasteiger partial charge is 0.392 e. The molecular weight excluding hydrogens is 434 g/mol. The third-order valence-corrected chi connectivity index (χ3v) is 5.11. The Morgan fingerprint density at radius 3 is 2.72 bits per heavy atom. The number of rotatable bonds is 6. The molecule has 3 N–H and O–H groups in total. The average Bonchev–Trinajstić information content (AvgIpc) is 3.06. The lowest BCUT2D eigenvalue weighted by molar-refractivity contribution is -0.388. The van der Waals surface area contributed by atoms with Crippen LogP contribution >= 0.6 is 11.6 Å². The van der Waals surface area contributed by atoms with E-state index in [9.17, 15) is 14.9 Å². The summed E-state index contributed by atoms with van der Waals surface area (Å²) in [5.74, 6) is -0.677. The Morgan fingerprint density at radius 2 is 2.00 bits per heavy atom. The van der Waals surface area contributed by atoms with E-state index >= 15 is 0 Å². The molecule has 10 nitrogen and oxygen atoms in total. The molecule has 0 spiro atoms. The van der Waals surface area contributed by atoms with Gasteiger partial charge in [0.2, 0.25) is 12.1 Å². The number of nitrogens with one attached hydrogen (secondary N) is 1. The number of hydrazone groups is 1. The molecule has 160 valence electrons. The lowest BCUT2D eigenvalue weighted by Crippen LogP contribution is -2.06. The van der Waals surface area contributed by atoms with E-state index in [4.69, 9.17) is 17.3 Å². The molecule has 4 aromatic rings. The second-order valence-electron chi connectivity index (χ2n) is 6.77. The average molecular weight is 450 g/mol. The minimum atomic E-state index is -0.702. The van der Waals surface area contributed by atoms with Crippen LogP contribution in [0, 0.1) is 17.0 Å². The molecule has 0 radical (unpaired) electrons. The molecule has 4 rings (SSSR count). The summed E-state index contributed by atoms with van der Waals surface area (Å²) in [6.45, 7) is 1.82. The Kier molecular flexibility index (Phi) is 5.52. The fourth-order valence-electron chi connectivity index (χ4n) is 3.32. The summed E-state index contributed by atoms with van der Waals surface area (Å²) >= 11 is 5.94. The summed E-state index contributed by atoms with van der Waals surface area (Å²) in [6, 6.07) is 12.2. The summed E-state index contributed by atoms with van der Waals surface area (Å²) in [7, 11) is 0. The van der Waals surface area contributed by atoms with Gasteiger partial charge in [-0.2, -0.15) is 10.1 Å². The number of carbonyl (C=O) groups excluding carboxylic acids is 1. The third kappa shape index (κ3) is 3.74. The highest BCUT2D eigenvalue weighted by Crippen LogP contribution is 2.26. The van der Waals surface area contributed by atoms with Gasteiger partial charge in [-0.15, -0.1) is 0 Å². The van der Waals surface area contributed by atoms with Gasteiger partial charge in [0.15, 0.2) is 11.5 Å². The second-order valence-corrected chi connectivity index (χ2v) is 7.20. The van der Waals surface area contributed by atoms with Crippen LogP contribution in [0.2, 0.25) is 5.02 Å². The molecule has 0 aliphatic rings. The number of nitro groups is 1. The van der Waals surface area contributed by atoms with Gasteiger partial charge >= 0.3 is 5.82 Å². The number of benzene rings is 1. The zero-order valence-electron chi connectivity index (χ0n) is 16.7. The molecule has 3 heterocycles. The molecular formula is C21H16ClN7O3. The molecule has 32 heavy (non-hydrogen) atoms. The number of nitrogens with zero attached hydrogens (tertiary/aromatic N) is 5. The number of halogens is 1. The van der Waals surface area contributed by atoms with E-state index in [2.05, 4.69) is 20.5 Å². The van der Waals surface area contributed by atoms with E-state index in [-0.39, 0.29) is 17.3 Å². The number of aromatic nitrogens is 3. The first kappa shape index (κ1) is 20.9. The lowest BCUT2D eigenvalue weighted by Gasteiger charge is -2.04. The Hall–Kier alpha value is -4.31. The number of hydrogen-bond donors (Lipinski definition) is 2. The summed E-state index contributed by atoms with van der Waals surface area (Å²) in [6.07, 6.45) is 4.33. The fraction of sp³-hybridized carbons (Fsp3) is 0.0476. The van der Waals surface area contributed by atoms with E-state index in [1.54, 1.807) is 34.9 Å². The van der Waals surface area contributed by atoms with Crippen molar-refractivity contribution in [1.82, 2.24) is 14.4 Å². The van der Waals surface area contributed by atoms with E-state index in [1.165, 1.54) is 6.21 Å². The number of nitrogen functional groups attached to an aromatic ring is 1. The zero-order valence-corrected chi connectivity index (χ0v) is 17.4. The molecule has 1 aromatic carbocycles. The maximum absolute atomic E-state index is 13.2. The van der Waals surface area contributed by atoms with Gasteiger partial charge in [-0.1, -0.05) is 17.7 Å². The minimum Gasteiger partial charge on any atom is -0.389 e. The molecule has 0 aliphatic carbocycles. The highest BCUT2D eigenvalue weighted by molar-refractivity contribution is 6.30. The van der Waals surface area contributed by atoms with Crippen molar-refractivity contribution in [3.8, 4) is 0 Å². The van der Waals surface area contributed by atoms with Crippen LogP contribution in [0.4, 0.5) is 17.3 Å². The normalized spacial score (nSPS) is 11.2. The van der Waals surface area contributed by atoms with Crippen molar-refractivity contribution in [2.24, 2.45) is 5.10 Å².